The van der Waals surface area contributed by atoms with Crippen molar-refractivity contribution in [2.75, 3.05) is 20.2 Å². The fourth-order valence-corrected chi connectivity index (χ4v) is 3.97. The van der Waals surface area contributed by atoms with Crippen molar-refractivity contribution < 1.29 is 14.3 Å². The Morgan fingerprint density at radius 2 is 2.17 bits per heavy atom. The van der Waals surface area contributed by atoms with Crippen LogP contribution in [0.1, 0.15) is 49.3 Å². The molecule has 2 aliphatic heterocycles. The van der Waals surface area contributed by atoms with E-state index in [1.54, 1.807) is 7.11 Å². The summed E-state index contributed by atoms with van der Waals surface area (Å²) < 4.78 is 11.4. The highest BCUT2D eigenvalue weighted by molar-refractivity contribution is 5.81. The molecule has 1 N–H and O–H groups in total. The molecule has 3 heterocycles. The largest absolute Gasteiger partial charge is 0.493 e. The molecule has 1 aromatic carbocycles. The monoisotopic (exact) mass is 396 g/mol. The van der Waals surface area contributed by atoms with E-state index in [-0.39, 0.29) is 11.9 Å². The van der Waals surface area contributed by atoms with E-state index < -0.39 is 6.10 Å². The number of carbonyl (C=O) groups is 1. The summed E-state index contributed by atoms with van der Waals surface area (Å²) in [5.41, 5.74) is 2.09. The second-order valence-electron chi connectivity index (χ2n) is 7.52. The molecular weight excluding hydrogens is 368 g/mol. The highest BCUT2D eigenvalue weighted by Crippen LogP contribution is 2.28. The third kappa shape index (κ3) is 4.19. The molecule has 1 fully saturated rings. The minimum Gasteiger partial charge on any atom is -0.493 e. The van der Waals surface area contributed by atoms with E-state index >= 15 is 0 Å². The number of hydrogen-bond donors (Lipinski definition) is 1. The molecule has 154 valence electrons. The van der Waals surface area contributed by atoms with Gasteiger partial charge in [-0.2, -0.15) is 0 Å². The van der Waals surface area contributed by atoms with Crippen LogP contribution in [0.4, 0.5) is 0 Å². The quantitative estimate of drug-likeness (QED) is 0.809. The SMILES string of the molecule is CC[C@H](Oc1ccccc1OC)C(=O)N1CCc2nc([C@@H]3CCCN3)ncc2C1. The molecule has 1 saturated heterocycles. The normalized spacial score (nSPS) is 19.5. The zero-order chi connectivity index (χ0) is 20.2. The second kappa shape index (κ2) is 8.78. The molecule has 2 aromatic rings. The van der Waals surface area contributed by atoms with Crippen LogP contribution in [0.5, 0.6) is 11.5 Å². The predicted molar refractivity (Wildman–Crippen MR) is 109 cm³/mol. The van der Waals surface area contributed by atoms with Crippen LogP contribution < -0.4 is 14.8 Å². The molecule has 0 unspecified atom stereocenters. The molecule has 0 radical (unpaired) electrons. The molecule has 2 aliphatic rings. The van der Waals surface area contributed by atoms with E-state index in [2.05, 4.69) is 10.3 Å². The summed E-state index contributed by atoms with van der Waals surface area (Å²) in [7, 11) is 1.60. The Hall–Kier alpha value is -2.67. The van der Waals surface area contributed by atoms with Crippen molar-refractivity contribution in [3.8, 4) is 11.5 Å². The number of carbonyl (C=O) groups excluding carboxylic acids is 1. The van der Waals surface area contributed by atoms with Crippen molar-refractivity contribution in [2.24, 2.45) is 0 Å². The zero-order valence-electron chi connectivity index (χ0n) is 17.1. The van der Waals surface area contributed by atoms with Gasteiger partial charge in [0.15, 0.2) is 17.6 Å². The first kappa shape index (κ1) is 19.6. The summed E-state index contributed by atoms with van der Waals surface area (Å²) >= 11 is 0. The topological polar surface area (TPSA) is 76.6 Å². The number of ether oxygens (including phenoxy) is 2. The molecule has 0 spiro atoms. The first-order valence-corrected chi connectivity index (χ1v) is 10.4. The van der Waals surface area contributed by atoms with Crippen molar-refractivity contribution in [1.82, 2.24) is 20.2 Å². The number of benzene rings is 1. The number of nitrogens with one attached hydrogen (secondary N) is 1. The van der Waals surface area contributed by atoms with Crippen LogP contribution in [0.2, 0.25) is 0 Å². The molecule has 2 atom stereocenters. The number of hydrogen-bond acceptors (Lipinski definition) is 6. The van der Waals surface area contributed by atoms with Gasteiger partial charge in [-0.3, -0.25) is 4.79 Å². The fourth-order valence-electron chi connectivity index (χ4n) is 3.97. The van der Waals surface area contributed by atoms with Crippen molar-refractivity contribution in [2.45, 2.75) is 51.3 Å². The van der Waals surface area contributed by atoms with E-state index in [1.807, 2.05) is 42.3 Å². The Kier molecular flexibility index (Phi) is 5.94. The molecule has 4 rings (SSSR count). The van der Waals surface area contributed by atoms with Crippen molar-refractivity contribution in [3.05, 3.63) is 47.5 Å². The van der Waals surface area contributed by atoms with Crippen LogP contribution in [-0.2, 0) is 17.8 Å². The van der Waals surface area contributed by atoms with Crippen LogP contribution in [-0.4, -0.2) is 47.1 Å². The smallest absolute Gasteiger partial charge is 0.263 e. The molecular formula is C22H28N4O3. The fraction of sp³-hybridized carbons (Fsp3) is 0.500. The number of nitrogens with zero attached hydrogens (tertiary/aromatic N) is 3. The van der Waals surface area contributed by atoms with Crippen LogP contribution in [0.25, 0.3) is 0 Å². The van der Waals surface area contributed by atoms with Gasteiger partial charge in [0, 0.05) is 31.3 Å². The van der Waals surface area contributed by atoms with E-state index in [4.69, 9.17) is 14.5 Å². The van der Waals surface area contributed by atoms with E-state index in [9.17, 15) is 4.79 Å². The van der Waals surface area contributed by atoms with Gasteiger partial charge in [-0.25, -0.2) is 9.97 Å². The molecule has 0 bridgehead atoms. The zero-order valence-corrected chi connectivity index (χ0v) is 17.1. The minimum absolute atomic E-state index is 0.00871. The van der Waals surface area contributed by atoms with Crippen LogP contribution >= 0.6 is 0 Å². The Morgan fingerprint density at radius 3 is 2.90 bits per heavy atom. The third-order valence-electron chi connectivity index (χ3n) is 5.62. The Labute approximate surface area is 171 Å². The number of methoxy groups -OCH3 is 1. The third-order valence-corrected chi connectivity index (χ3v) is 5.62. The van der Waals surface area contributed by atoms with Gasteiger partial charge in [0.05, 0.1) is 18.8 Å². The minimum atomic E-state index is -0.546. The van der Waals surface area contributed by atoms with Crippen LogP contribution in [0.3, 0.4) is 0 Å². The van der Waals surface area contributed by atoms with Gasteiger partial charge >= 0.3 is 0 Å². The highest BCUT2D eigenvalue weighted by Gasteiger charge is 2.30. The standard InChI is InChI=1S/C22H28N4O3/c1-3-18(29-20-9-5-4-8-19(20)28-2)22(27)26-12-10-16-15(14-26)13-24-21(25-16)17-7-6-11-23-17/h4-5,8-9,13,17-18,23H,3,6-7,10-12,14H2,1-2H3/t17-,18-/m0/s1. The average molecular weight is 396 g/mol. The number of fused-ring (bicyclic) bond motifs is 1. The molecule has 7 nitrogen and oxygen atoms in total. The number of para-hydroxylation sites is 2. The molecule has 1 aromatic heterocycles. The Balaban J connectivity index is 1.45. The lowest BCUT2D eigenvalue weighted by atomic mass is 10.1. The summed E-state index contributed by atoms with van der Waals surface area (Å²) in [6.45, 7) is 4.16. The van der Waals surface area contributed by atoms with Crippen molar-refractivity contribution >= 4 is 5.91 Å². The van der Waals surface area contributed by atoms with E-state index in [1.165, 1.54) is 0 Å². The number of aromatic nitrogens is 2. The Morgan fingerprint density at radius 1 is 1.34 bits per heavy atom. The maximum Gasteiger partial charge on any atom is 0.263 e. The summed E-state index contributed by atoms with van der Waals surface area (Å²) in [6.07, 6.45) is 4.92. The molecule has 7 heteroatoms. The summed E-state index contributed by atoms with van der Waals surface area (Å²) in [5.74, 6) is 2.09. The van der Waals surface area contributed by atoms with Crippen molar-refractivity contribution in [3.63, 3.8) is 0 Å². The molecule has 0 saturated carbocycles. The number of amides is 1. The molecule has 29 heavy (non-hydrogen) atoms. The summed E-state index contributed by atoms with van der Waals surface area (Å²) in [4.78, 5) is 24.3. The van der Waals surface area contributed by atoms with Gasteiger partial charge in [0.2, 0.25) is 0 Å². The predicted octanol–water partition coefficient (Wildman–Crippen LogP) is 2.65. The maximum absolute atomic E-state index is 13.1. The summed E-state index contributed by atoms with van der Waals surface area (Å²) in [5, 5.41) is 3.45. The highest BCUT2D eigenvalue weighted by atomic mass is 16.5. The van der Waals surface area contributed by atoms with Crippen molar-refractivity contribution in [1.29, 1.82) is 0 Å². The number of rotatable bonds is 6. The van der Waals surface area contributed by atoms with Gasteiger partial charge in [-0.05, 0) is 37.9 Å². The van der Waals surface area contributed by atoms with Gasteiger partial charge in [0.1, 0.15) is 5.82 Å². The Bertz CT molecular complexity index is 867. The van der Waals surface area contributed by atoms with Gasteiger partial charge in [-0.15, -0.1) is 0 Å². The van der Waals surface area contributed by atoms with Gasteiger partial charge < -0.3 is 19.7 Å². The summed E-state index contributed by atoms with van der Waals surface area (Å²) in [6, 6.07) is 7.68. The van der Waals surface area contributed by atoms with Crippen LogP contribution in [0.15, 0.2) is 30.5 Å². The van der Waals surface area contributed by atoms with E-state index in [0.717, 1.165) is 42.9 Å². The van der Waals surface area contributed by atoms with Gasteiger partial charge in [-0.1, -0.05) is 19.1 Å². The van der Waals surface area contributed by atoms with E-state index in [0.29, 0.717) is 31.0 Å². The molecule has 0 aliphatic carbocycles. The second-order valence-corrected chi connectivity index (χ2v) is 7.52. The lowest BCUT2D eigenvalue weighted by Gasteiger charge is -2.31. The first-order chi connectivity index (χ1) is 14.2. The lowest BCUT2D eigenvalue weighted by molar-refractivity contribution is -0.139. The lowest BCUT2D eigenvalue weighted by Crippen LogP contribution is -2.44. The van der Waals surface area contributed by atoms with Gasteiger partial charge in [0.25, 0.3) is 5.91 Å². The molecule has 1 amide bonds. The first-order valence-electron chi connectivity index (χ1n) is 10.4. The van der Waals surface area contributed by atoms with Crippen LogP contribution in [0, 0.1) is 0 Å². The maximum atomic E-state index is 13.1. The average Bonchev–Trinajstić information content (AvgIpc) is 3.31.